The number of aromatic nitrogens is 6. The van der Waals surface area contributed by atoms with Gasteiger partial charge >= 0.3 is 6.18 Å². The third kappa shape index (κ3) is 4.26. The van der Waals surface area contributed by atoms with Crippen molar-refractivity contribution < 1.29 is 18.0 Å². The smallest absolute Gasteiger partial charge is 0.351 e. The molecule has 1 amide bonds. The number of nitrogens with zero attached hydrogens (tertiary/aromatic N) is 7. The molecule has 13 heteroatoms. The molecule has 0 bridgehead atoms. The molecular formula is C25H26F3N9O. The number of nitrogens with one attached hydrogen (secondary N) is 2. The first-order valence-electron chi connectivity index (χ1n) is 12.2. The van der Waals surface area contributed by atoms with Gasteiger partial charge in [-0.1, -0.05) is 6.07 Å². The molecule has 1 aliphatic heterocycles. The van der Waals surface area contributed by atoms with E-state index in [0.717, 1.165) is 10.2 Å². The fourth-order valence-electron chi connectivity index (χ4n) is 4.90. The van der Waals surface area contributed by atoms with Gasteiger partial charge in [0.2, 0.25) is 5.91 Å². The van der Waals surface area contributed by atoms with Crippen LogP contribution in [0.15, 0.2) is 43.0 Å². The summed E-state index contributed by atoms with van der Waals surface area (Å²) >= 11 is 0. The molecule has 6 rings (SSSR count). The highest BCUT2D eigenvalue weighted by Gasteiger charge is 2.51. The third-order valence-corrected chi connectivity index (χ3v) is 7.38. The number of halogens is 3. The van der Waals surface area contributed by atoms with Crippen LogP contribution in [0.3, 0.4) is 0 Å². The maximum Gasteiger partial charge on any atom is 0.408 e. The molecule has 0 atom stereocenters. The van der Waals surface area contributed by atoms with Crippen molar-refractivity contribution in [2.24, 2.45) is 0 Å². The van der Waals surface area contributed by atoms with Crippen LogP contribution in [0.2, 0.25) is 0 Å². The summed E-state index contributed by atoms with van der Waals surface area (Å²) in [6.45, 7) is 0.114. The highest BCUT2D eigenvalue weighted by molar-refractivity contribution is 6.03. The third-order valence-electron chi connectivity index (χ3n) is 7.38. The van der Waals surface area contributed by atoms with Gasteiger partial charge in [0.15, 0.2) is 5.82 Å². The molecule has 2 N–H and O–H groups in total. The summed E-state index contributed by atoms with van der Waals surface area (Å²) in [5.41, 5.74) is 1.64. The number of carbonyl (C=O) groups is 1. The predicted octanol–water partition coefficient (Wildman–Crippen LogP) is 3.20. The second-order valence-electron chi connectivity index (χ2n) is 10.1. The van der Waals surface area contributed by atoms with Crippen LogP contribution in [0.1, 0.15) is 18.4 Å². The van der Waals surface area contributed by atoms with E-state index < -0.39 is 18.1 Å². The molecule has 2 fully saturated rings. The number of alkyl halides is 3. The maximum atomic E-state index is 13.4. The molecule has 1 saturated heterocycles. The van der Waals surface area contributed by atoms with Crippen LogP contribution in [0, 0.1) is 0 Å². The zero-order chi connectivity index (χ0) is 26.7. The zero-order valence-corrected chi connectivity index (χ0v) is 20.8. The van der Waals surface area contributed by atoms with Crippen molar-refractivity contribution in [1.29, 1.82) is 0 Å². The van der Waals surface area contributed by atoms with Crippen LogP contribution in [-0.4, -0.2) is 80.2 Å². The van der Waals surface area contributed by atoms with Crippen LogP contribution < -0.4 is 10.2 Å². The summed E-state index contributed by atoms with van der Waals surface area (Å²) in [6, 6.07) is 5.54. The average Bonchev–Trinajstić information content (AvgIpc) is 3.43. The molecule has 0 spiro atoms. The summed E-state index contributed by atoms with van der Waals surface area (Å²) in [4.78, 5) is 25.9. The van der Waals surface area contributed by atoms with Crippen LogP contribution >= 0.6 is 0 Å². The molecule has 5 heterocycles. The lowest BCUT2D eigenvalue weighted by Crippen LogP contribution is -2.57. The summed E-state index contributed by atoms with van der Waals surface area (Å²) < 4.78 is 41.2. The van der Waals surface area contributed by atoms with E-state index in [9.17, 15) is 18.0 Å². The van der Waals surface area contributed by atoms with Crippen LogP contribution in [0.4, 0.5) is 24.7 Å². The van der Waals surface area contributed by atoms with Crippen molar-refractivity contribution in [3.8, 4) is 11.4 Å². The summed E-state index contributed by atoms with van der Waals surface area (Å²) in [7, 11) is 3.94. The van der Waals surface area contributed by atoms with Gasteiger partial charge in [0.1, 0.15) is 12.2 Å². The van der Waals surface area contributed by atoms with Crippen molar-refractivity contribution in [2.75, 3.05) is 37.4 Å². The molecule has 0 unspecified atom stereocenters. The molecule has 10 nitrogen and oxygen atoms in total. The van der Waals surface area contributed by atoms with Gasteiger partial charge in [-0.25, -0.2) is 0 Å². The zero-order valence-electron chi connectivity index (χ0n) is 20.8. The minimum absolute atomic E-state index is 0.188. The van der Waals surface area contributed by atoms with Gasteiger partial charge in [-0.15, -0.1) is 0 Å². The highest BCUT2D eigenvalue weighted by Crippen LogP contribution is 2.49. The van der Waals surface area contributed by atoms with Gasteiger partial charge in [-0.3, -0.25) is 24.5 Å². The fourth-order valence-corrected chi connectivity index (χ4v) is 4.90. The van der Waals surface area contributed by atoms with Crippen molar-refractivity contribution in [3.05, 3.63) is 48.5 Å². The van der Waals surface area contributed by atoms with Gasteiger partial charge in [-0.2, -0.15) is 23.4 Å². The number of aromatic amines is 1. The standard InChI is InChI=1S/C25H26F3N9O/c1-35(2)16-12-36(13-16)22-17-10-30-18(8-20(17)37(34-22)14-25(26,27)28)21-19(11-31-33-21)32-23(38)24(5-6-24)15-4-3-7-29-9-15/h3-4,7-11,16H,5-6,12-14H2,1-2H3,(H,31,33)(H,32,38). The van der Waals surface area contributed by atoms with Crippen LogP contribution in [0.5, 0.6) is 0 Å². The van der Waals surface area contributed by atoms with E-state index in [1.54, 1.807) is 24.5 Å². The Kier molecular flexibility index (Phi) is 5.63. The number of hydrogen-bond acceptors (Lipinski definition) is 7. The summed E-state index contributed by atoms with van der Waals surface area (Å²) in [5.74, 6) is 0.290. The molecule has 38 heavy (non-hydrogen) atoms. The lowest BCUT2D eigenvalue weighted by atomic mass is 9.96. The molecular weight excluding hydrogens is 499 g/mol. The van der Waals surface area contributed by atoms with Crippen molar-refractivity contribution in [1.82, 2.24) is 34.8 Å². The van der Waals surface area contributed by atoms with Gasteiger partial charge in [0.05, 0.1) is 33.9 Å². The Bertz CT molecular complexity index is 1490. The Hall–Kier alpha value is -4.00. The molecule has 1 aliphatic carbocycles. The Morgan fingerprint density at radius 3 is 2.68 bits per heavy atom. The van der Waals surface area contributed by atoms with Gasteiger partial charge in [0.25, 0.3) is 0 Å². The number of H-pyrrole nitrogens is 1. The molecule has 4 aromatic rings. The van der Waals surface area contributed by atoms with E-state index in [1.807, 2.05) is 25.1 Å². The number of likely N-dealkylation sites (N-methyl/N-ethyl adjacent to an activating group) is 1. The number of carbonyl (C=O) groups excluding carboxylic acids is 1. The lowest BCUT2D eigenvalue weighted by molar-refractivity contribution is -0.141. The number of hydrogen-bond donors (Lipinski definition) is 2. The minimum Gasteiger partial charge on any atom is -0.351 e. The summed E-state index contributed by atoms with van der Waals surface area (Å²) in [6.07, 6.45) is 3.31. The first-order chi connectivity index (χ1) is 18.1. The molecule has 2 aliphatic rings. The van der Waals surface area contributed by atoms with Gasteiger partial charge < -0.3 is 15.1 Å². The number of amides is 1. The average molecular weight is 526 g/mol. The van der Waals surface area contributed by atoms with Gasteiger partial charge in [0, 0.05) is 37.7 Å². The fraction of sp³-hybridized carbons (Fsp3) is 0.400. The monoisotopic (exact) mass is 525 g/mol. The molecule has 198 valence electrons. The first-order valence-corrected chi connectivity index (χ1v) is 12.2. The van der Waals surface area contributed by atoms with Crippen molar-refractivity contribution in [2.45, 2.75) is 37.0 Å². The second kappa shape index (κ2) is 8.79. The second-order valence-corrected chi connectivity index (χ2v) is 10.1. The highest BCUT2D eigenvalue weighted by atomic mass is 19.4. The topological polar surface area (TPSA) is 108 Å². The van der Waals surface area contributed by atoms with E-state index in [4.69, 9.17) is 0 Å². The van der Waals surface area contributed by atoms with Gasteiger partial charge in [-0.05, 0) is 44.6 Å². The number of rotatable bonds is 7. The molecule has 4 aromatic heterocycles. The lowest BCUT2D eigenvalue weighted by Gasteiger charge is -2.43. The Morgan fingerprint density at radius 2 is 2.03 bits per heavy atom. The molecule has 1 saturated carbocycles. The number of pyridine rings is 2. The summed E-state index contributed by atoms with van der Waals surface area (Å²) in [5, 5.41) is 14.7. The first kappa shape index (κ1) is 24.3. The Balaban J connectivity index is 1.32. The quantitative estimate of drug-likeness (QED) is 0.382. The van der Waals surface area contributed by atoms with E-state index in [-0.39, 0.29) is 5.91 Å². The minimum atomic E-state index is -4.45. The normalized spacial score (nSPS) is 17.2. The molecule has 0 radical (unpaired) electrons. The van der Waals surface area contributed by atoms with E-state index >= 15 is 0 Å². The van der Waals surface area contributed by atoms with E-state index in [1.165, 1.54) is 12.4 Å². The predicted molar refractivity (Wildman–Crippen MR) is 135 cm³/mol. The number of fused-ring (bicyclic) bond motifs is 1. The Labute approximate surface area is 215 Å². The largest absolute Gasteiger partial charge is 0.408 e. The van der Waals surface area contributed by atoms with E-state index in [2.05, 4.69) is 35.5 Å². The Morgan fingerprint density at radius 1 is 1.24 bits per heavy atom. The van der Waals surface area contributed by atoms with Crippen molar-refractivity contribution >= 4 is 28.3 Å². The SMILES string of the molecule is CN(C)C1CN(c2nn(CC(F)(F)F)c3cc(-c4[nH]ncc4NC(=O)C4(c5cccnc5)CC4)ncc23)C1. The van der Waals surface area contributed by atoms with Crippen LogP contribution in [-0.2, 0) is 16.8 Å². The number of anilines is 2. The maximum absolute atomic E-state index is 13.4. The van der Waals surface area contributed by atoms with Crippen molar-refractivity contribution in [3.63, 3.8) is 0 Å². The molecule has 0 aromatic carbocycles. The van der Waals surface area contributed by atoms with Crippen LogP contribution in [0.25, 0.3) is 22.3 Å². The van der Waals surface area contributed by atoms with E-state index in [0.29, 0.717) is 65.8 Å².